The van der Waals surface area contributed by atoms with Crippen molar-refractivity contribution in [2.75, 3.05) is 62.8 Å². The van der Waals surface area contributed by atoms with Crippen LogP contribution in [0.2, 0.25) is 0 Å². The van der Waals surface area contributed by atoms with Gasteiger partial charge in [0.25, 0.3) is 5.91 Å². The van der Waals surface area contributed by atoms with Crippen LogP contribution in [0.25, 0.3) is 17.2 Å². The lowest BCUT2D eigenvalue weighted by Crippen LogP contribution is -2.39. The number of amides is 2. The van der Waals surface area contributed by atoms with E-state index in [9.17, 15) is 9.59 Å². The van der Waals surface area contributed by atoms with Crippen LogP contribution in [0, 0.1) is 0 Å². The molecule has 2 aromatic heterocycles. The number of aromatic nitrogens is 5. The first-order valence-electron chi connectivity index (χ1n) is 15.8. The van der Waals surface area contributed by atoms with Gasteiger partial charge in [0.15, 0.2) is 5.82 Å². The summed E-state index contributed by atoms with van der Waals surface area (Å²) in [5.74, 6) is 1.40. The fourth-order valence-corrected chi connectivity index (χ4v) is 6.48. The highest BCUT2D eigenvalue weighted by Gasteiger charge is 2.35. The van der Waals surface area contributed by atoms with Crippen LogP contribution < -0.4 is 14.5 Å². The van der Waals surface area contributed by atoms with Crippen LogP contribution >= 0.6 is 0 Å². The molecule has 0 saturated carbocycles. The van der Waals surface area contributed by atoms with Crippen molar-refractivity contribution < 1.29 is 19.1 Å². The zero-order valence-electron chi connectivity index (χ0n) is 25.6. The van der Waals surface area contributed by atoms with Crippen molar-refractivity contribution >= 4 is 23.2 Å². The van der Waals surface area contributed by atoms with Crippen molar-refractivity contribution in [1.29, 1.82) is 0 Å². The van der Waals surface area contributed by atoms with Gasteiger partial charge in [-0.2, -0.15) is 5.10 Å². The van der Waals surface area contributed by atoms with Crippen molar-refractivity contribution in [2.45, 2.75) is 38.6 Å². The minimum Gasteiger partial charge on any atom is -0.497 e. The van der Waals surface area contributed by atoms with Crippen LogP contribution in [0.5, 0.6) is 5.75 Å². The number of hydrogen-bond donors (Lipinski definition) is 0. The minimum absolute atomic E-state index is 0.133. The summed E-state index contributed by atoms with van der Waals surface area (Å²) in [7, 11) is 1.63. The topological polar surface area (TPSA) is 111 Å². The Labute approximate surface area is 262 Å². The van der Waals surface area contributed by atoms with Gasteiger partial charge in [0.1, 0.15) is 23.5 Å². The summed E-state index contributed by atoms with van der Waals surface area (Å²) >= 11 is 0. The maximum atomic E-state index is 14.3. The normalized spacial score (nSPS) is 17.5. The highest BCUT2D eigenvalue weighted by atomic mass is 16.5. The number of aryl methyl sites for hydroxylation is 1. The van der Waals surface area contributed by atoms with E-state index in [4.69, 9.17) is 14.6 Å². The summed E-state index contributed by atoms with van der Waals surface area (Å²) in [5.41, 5.74) is 4.47. The van der Waals surface area contributed by atoms with Gasteiger partial charge < -0.3 is 23.8 Å². The minimum atomic E-state index is -0.133. The molecule has 0 aliphatic carbocycles. The average Bonchev–Trinajstić information content (AvgIpc) is 3.71. The van der Waals surface area contributed by atoms with E-state index >= 15 is 0 Å². The molecule has 2 amide bonds. The zero-order chi connectivity index (χ0) is 30.8. The number of hydrogen-bond acceptors (Lipinski definition) is 8. The number of morpholine rings is 1. The van der Waals surface area contributed by atoms with E-state index in [0.29, 0.717) is 36.6 Å². The highest BCUT2D eigenvalue weighted by Crippen LogP contribution is 2.34. The monoisotopic (exact) mass is 610 g/mol. The van der Waals surface area contributed by atoms with E-state index in [1.807, 2.05) is 58.0 Å². The molecule has 0 radical (unpaired) electrons. The third-order valence-electron chi connectivity index (χ3n) is 8.93. The molecule has 2 aromatic carbocycles. The third kappa shape index (κ3) is 5.83. The summed E-state index contributed by atoms with van der Waals surface area (Å²) in [5, 5.41) is 13.7. The molecule has 12 nitrogen and oxygen atoms in total. The first kappa shape index (κ1) is 29.2. The molecule has 3 aliphatic heterocycles. The number of piperidine rings is 1. The Kier molecular flexibility index (Phi) is 8.31. The fraction of sp³-hybridized carbons (Fsp3) is 0.424. The first-order valence-corrected chi connectivity index (χ1v) is 15.8. The van der Waals surface area contributed by atoms with E-state index in [1.165, 1.54) is 0 Å². The molecule has 3 aliphatic rings. The third-order valence-corrected chi connectivity index (χ3v) is 8.93. The highest BCUT2D eigenvalue weighted by molar-refractivity contribution is 6.08. The fourth-order valence-electron chi connectivity index (χ4n) is 6.48. The van der Waals surface area contributed by atoms with Crippen molar-refractivity contribution in [3.8, 4) is 23.0 Å². The van der Waals surface area contributed by atoms with Crippen molar-refractivity contribution in [1.82, 2.24) is 29.4 Å². The van der Waals surface area contributed by atoms with E-state index in [0.717, 1.165) is 93.6 Å². The second-order valence-electron chi connectivity index (χ2n) is 11.7. The van der Waals surface area contributed by atoms with E-state index in [-0.39, 0.29) is 11.8 Å². The summed E-state index contributed by atoms with van der Waals surface area (Å²) < 4.78 is 14.6. The van der Waals surface area contributed by atoms with Crippen LogP contribution in [0.1, 0.15) is 41.7 Å². The van der Waals surface area contributed by atoms with Crippen LogP contribution in [0.4, 0.5) is 11.4 Å². The Morgan fingerprint density at radius 2 is 1.56 bits per heavy atom. The van der Waals surface area contributed by atoms with Crippen LogP contribution in [0.3, 0.4) is 0 Å². The molecule has 7 rings (SSSR count). The summed E-state index contributed by atoms with van der Waals surface area (Å²) in [6.45, 7) is 6.40. The Hall–Kier alpha value is -4.55. The number of methoxy groups -OCH3 is 1. The number of anilines is 2. The largest absolute Gasteiger partial charge is 0.497 e. The standard InChI is InChI=1S/C33H38N8O4/c1-44-27-12-10-26(11-13-27)41-31-28(30(36-41)32-35-34-23-38(32)16-4-15-37-19-21-45-22-20-37)14-18-40(33(31)43)25-8-6-24(7-9-25)39-17-3-2-5-29(39)42/h6-13,23H,2-5,14-22H2,1H3. The number of carbonyl (C=O) groups is 2. The van der Waals surface area contributed by atoms with Crippen molar-refractivity contribution in [3.63, 3.8) is 0 Å². The second-order valence-corrected chi connectivity index (χ2v) is 11.7. The molecular formula is C33H38N8O4. The lowest BCUT2D eigenvalue weighted by Gasteiger charge is -2.29. The molecule has 2 saturated heterocycles. The molecule has 0 spiro atoms. The SMILES string of the molecule is COc1ccc(-n2nc(-c3nncn3CCCN3CCOCC3)c3c2C(=O)N(c2ccc(N4CCCCC4=O)cc2)CC3)cc1. The van der Waals surface area contributed by atoms with Gasteiger partial charge in [0.2, 0.25) is 5.91 Å². The van der Waals surface area contributed by atoms with E-state index < -0.39 is 0 Å². The van der Waals surface area contributed by atoms with Crippen LogP contribution in [-0.2, 0) is 22.5 Å². The van der Waals surface area contributed by atoms with Crippen molar-refractivity contribution in [2.24, 2.45) is 0 Å². The van der Waals surface area contributed by atoms with Crippen molar-refractivity contribution in [3.05, 3.63) is 66.1 Å². The maximum absolute atomic E-state index is 14.3. The van der Waals surface area contributed by atoms with Gasteiger partial charge in [0, 0.05) is 62.6 Å². The van der Waals surface area contributed by atoms with E-state index in [2.05, 4.69) is 15.1 Å². The predicted octanol–water partition coefficient (Wildman–Crippen LogP) is 3.58. The molecule has 0 unspecified atom stereocenters. The lowest BCUT2D eigenvalue weighted by atomic mass is 10.0. The molecular weight excluding hydrogens is 572 g/mol. The number of nitrogens with zero attached hydrogens (tertiary/aromatic N) is 8. The molecule has 0 atom stereocenters. The van der Waals surface area contributed by atoms with E-state index in [1.54, 1.807) is 23.0 Å². The zero-order valence-corrected chi connectivity index (χ0v) is 25.6. The number of ether oxygens (including phenoxy) is 2. The van der Waals surface area contributed by atoms with Gasteiger partial charge in [-0.25, -0.2) is 4.68 Å². The molecule has 5 heterocycles. The number of carbonyl (C=O) groups excluding carboxylic acids is 2. The Morgan fingerprint density at radius 3 is 2.29 bits per heavy atom. The molecule has 0 N–H and O–H groups in total. The summed E-state index contributed by atoms with van der Waals surface area (Å²) in [6, 6.07) is 15.3. The first-order chi connectivity index (χ1) is 22.1. The van der Waals surface area contributed by atoms with Gasteiger partial charge >= 0.3 is 0 Å². The molecule has 12 heteroatoms. The lowest BCUT2D eigenvalue weighted by molar-refractivity contribution is -0.119. The van der Waals surface area contributed by atoms with Gasteiger partial charge in [0.05, 0.1) is 26.0 Å². The Balaban J connectivity index is 1.19. The molecule has 234 valence electrons. The quantitative estimate of drug-likeness (QED) is 0.283. The molecule has 0 bridgehead atoms. The van der Waals surface area contributed by atoms with Gasteiger partial charge in [-0.3, -0.25) is 14.5 Å². The number of rotatable bonds is 9. The van der Waals surface area contributed by atoms with Gasteiger partial charge in [-0.15, -0.1) is 10.2 Å². The van der Waals surface area contributed by atoms with Gasteiger partial charge in [-0.1, -0.05) is 0 Å². The Bertz CT molecular complexity index is 1660. The molecule has 4 aromatic rings. The maximum Gasteiger partial charge on any atom is 0.277 e. The number of benzene rings is 2. The average molecular weight is 611 g/mol. The smallest absolute Gasteiger partial charge is 0.277 e. The van der Waals surface area contributed by atoms with Gasteiger partial charge in [-0.05, 0) is 74.2 Å². The van der Waals surface area contributed by atoms with Crippen LogP contribution in [0.15, 0.2) is 54.9 Å². The summed E-state index contributed by atoms with van der Waals surface area (Å²) in [4.78, 5) is 32.8. The summed E-state index contributed by atoms with van der Waals surface area (Å²) in [6.07, 6.45) is 5.82. The van der Waals surface area contributed by atoms with Crippen LogP contribution in [-0.4, -0.2) is 94.3 Å². The predicted molar refractivity (Wildman–Crippen MR) is 169 cm³/mol. The molecule has 45 heavy (non-hydrogen) atoms. The Morgan fingerprint density at radius 1 is 0.822 bits per heavy atom. The number of fused-ring (bicyclic) bond motifs is 1. The second kappa shape index (κ2) is 12.8. The molecule has 2 fully saturated rings.